The van der Waals surface area contributed by atoms with Gasteiger partial charge in [0.1, 0.15) is 5.60 Å². The van der Waals surface area contributed by atoms with E-state index >= 15 is 0 Å². The van der Waals surface area contributed by atoms with E-state index in [1.54, 1.807) is 39.9 Å². The summed E-state index contributed by atoms with van der Waals surface area (Å²) in [6.07, 6.45) is 4.46. The molecule has 136 valence electrons. The molecular weight excluding hydrogens is 356 g/mol. The average Bonchev–Trinajstić information content (AvgIpc) is 3.25. The largest absolute Gasteiger partial charge is 0.441 e. The summed E-state index contributed by atoms with van der Waals surface area (Å²) in [5, 5.41) is 4.60. The average molecular weight is 375 g/mol. The number of benzene rings is 1. The second-order valence-electron chi connectivity index (χ2n) is 6.81. The van der Waals surface area contributed by atoms with Crippen LogP contribution in [0.3, 0.4) is 0 Å². The van der Waals surface area contributed by atoms with Gasteiger partial charge in [0.05, 0.1) is 22.8 Å². The van der Waals surface area contributed by atoms with Crippen molar-refractivity contribution >= 4 is 23.6 Å². The van der Waals surface area contributed by atoms with Crippen LogP contribution in [0.4, 0.5) is 4.79 Å². The van der Waals surface area contributed by atoms with Gasteiger partial charge in [-0.15, -0.1) is 0 Å². The molecule has 0 N–H and O–H groups in total. The molecule has 0 unspecified atom stereocenters. The minimum atomic E-state index is -0.469. The van der Waals surface area contributed by atoms with E-state index in [-0.39, 0.29) is 12.0 Å². The quantitative estimate of drug-likeness (QED) is 0.810. The number of nitrogens with zero attached hydrogens (tertiary/aromatic N) is 4. The van der Waals surface area contributed by atoms with Gasteiger partial charge in [-0.25, -0.2) is 9.48 Å². The number of amides is 2. The maximum Gasteiger partial charge on any atom is 0.410 e. The fourth-order valence-corrected chi connectivity index (χ4v) is 3.78. The third-order valence-corrected chi connectivity index (χ3v) is 5.38. The number of carbonyl (C=O) groups excluding carboxylic acids is 2. The lowest BCUT2D eigenvalue weighted by Crippen LogP contribution is -2.48. The minimum absolute atomic E-state index is 0.114. The number of hydrogen-bond donors (Lipinski definition) is 0. The van der Waals surface area contributed by atoms with Crippen LogP contribution in [0.25, 0.3) is 5.69 Å². The minimum Gasteiger partial charge on any atom is -0.441 e. The van der Waals surface area contributed by atoms with Gasteiger partial charge in [0.25, 0.3) is 5.91 Å². The summed E-state index contributed by atoms with van der Waals surface area (Å²) < 4.78 is 7.23. The molecule has 7 nitrogen and oxygen atoms in total. The molecule has 2 saturated heterocycles. The lowest BCUT2D eigenvalue weighted by atomic mass is 9.91. The lowest BCUT2D eigenvalue weighted by Gasteiger charge is -2.37. The first-order valence-corrected chi connectivity index (χ1v) is 8.88. The van der Waals surface area contributed by atoms with Crippen LogP contribution in [-0.4, -0.2) is 63.9 Å². The fourth-order valence-electron chi connectivity index (χ4n) is 3.58. The number of hydrogen-bond acceptors (Lipinski definition) is 4. The van der Waals surface area contributed by atoms with Crippen molar-refractivity contribution in [1.29, 1.82) is 0 Å². The normalized spacial score (nSPS) is 19.1. The number of carbonyl (C=O) groups is 2. The molecule has 2 aliphatic rings. The van der Waals surface area contributed by atoms with Gasteiger partial charge in [0, 0.05) is 45.4 Å². The van der Waals surface area contributed by atoms with E-state index in [9.17, 15) is 9.59 Å². The Bertz CT molecular complexity index is 844. The van der Waals surface area contributed by atoms with Gasteiger partial charge in [-0.1, -0.05) is 11.6 Å². The fraction of sp³-hybridized carbons (Fsp3) is 0.389. The Morgan fingerprint density at radius 2 is 2.08 bits per heavy atom. The Hall–Kier alpha value is -2.54. The third kappa shape index (κ3) is 2.92. The molecule has 2 aliphatic heterocycles. The van der Waals surface area contributed by atoms with Crippen molar-refractivity contribution in [1.82, 2.24) is 19.6 Å². The molecule has 4 rings (SSSR count). The highest BCUT2D eigenvalue weighted by Gasteiger charge is 2.46. The molecule has 1 aromatic carbocycles. The van der Waals surface area contributed by atoms with Gasteiger partial charge < -0.3 is 14.5 Å². The van der Waals surface area contributed by atoms with E-state index in [4.69, 9.17) is 16.3 Å². The highest BCUT2D eigenvalue weighted by Crippen LogP contribution is 2.33. The molecule has 2 aromatic rings. The van der Waals surface area contributed by atoms with E-state index in [1.807, 2.05) is 18.3 Å². The Kier molecular flexibility index (Phi) is 4.11. The predicted molar refractivity (Wildman–Crippen MR) is 95.6 cm³/mol. The van der Waals surface area contributed by atoms with Gasteiger partial charge in [0.15, 0.2) is 0 Å². The summed E-state index contributed by atoms with van der Waals surface area (Å²) >= 11 is 6.28. The van der Waals surface area contributed by atoms with E-state index in [2.05, 4.69) is 5.10 Å². The highest BCUT2D eigenvalue weighted by atomic mass is 35.5. The molecule has 3 heterocycles. The number of likely N-dealkylation sites (tertiary alicyclic amines) is 1. The predicted octanol–water partition coefficient (Wildman–Crippen LogP) is 2.58. The van der Waals surface area contributed by atoms with Crippen molar-refractivity contribution in [3.8, 4) is 5.69 Å². The Morgan fingerprint density at radius 1 is 1.31 bits per heavy atom. The second kappa shape index (κ2) is 6.32. The van der Waals surface area contributed by atoms with Crippen LogP contribution in [0.5, 0.6) is 0 Å². The van der Waals surface area contributed by atoms with Gasteiger partial charge in [0.2, 0.25) is 0 Å². The van der Waals surface area contributed by atoms with Crippen LogP contribution in [-0.2, 0) is 4.74 Å². The first-order chi connectivity index (χ1) is 12.5. The van der Waals surface area contributed by atoms with Gasteiger partial charge in [-0.3, -0.25) is 4.79 Å². The van der Waals surface area contributed by atoms with Crippen molar-refractivity contribution in [3.63, 3.8) is 0 Å². The number of piperidine rings is 1. The molecule has 1 aromatic heterocycles. The van der Waals surface area contributed by atoms with Crippen molar-refractivity contribution in [3.05, 3.63) is 47.2 Å². The van der Waals surface area contributed by atoms with Crippen molar-refractivity contribution in [2.45, 2.75) is 18.4 Å². The van der Waals surface area contributed by atoms with Gasteiger partial charge in [-0.05, 0) is 24.3 Å². The molecule has 0 atom stereocenters. The molecular formula is C18H19ClN4O3. The Balaban J connectivity index is 1.51. The van der Waals surface area contributed by atoms with E-state index in [0.717, 1.165) is 5.69 Å². The Labute approximate surface area is 156 Å². The second-order valence-corrected chi connectivity index (χ2v) is 7.22. The number of rotatable bonds is 2. The van der Waals surface area contributed by atoms with Crippen LogP contribution >= 0.6 is 11.6 Å². The molecule has 0 aliphatic carbocycles. The SMILES string of the molecule is CN1CC2(CCN(C(=O)c3cc(-n4cccn4)ccc3Cl)CC2)OC1=O. The van der Waals surface area contributed by atoms with E-state index in [0.29, 0.717) is 43.1 Å². The summed E-state index contributed by atoms with van der Waals surface area (Å²) in [7, 11) is 1.73. The maximum absolute atomic E-state index is 13.0. The zero-order valence-electron chi connectivity index (χ0n) is 14.4. The van der Waals surface area contributed by atoms with Crippen molar-refractivity contribution in [2.24, 2.45) is 0 Å². The molecule has 1 spiro atoms. The Morgan fingerprint density at radius 3 is 2.69 bits per heavy atom. The number of halogens is 1. The van der Waals surface area contributed by atoms with Crippen molar-refractivity contribution < 1.29 is 14.3 Å². The number of likely N-dealkylation sites (N-methyl/N-ethyl adjacent to an activating group) is 1. The van der Waals surface area contributed by atoms with Gasteiger partial charge >= 0.3 is 6.09 Å². The van der Waals surface area contributed by atoms with E-state index < -0.39 is 5.60 Å². The molecule has 0 radical (unpaired) electrons. The van der Waals surface area contributed by atoms with Crippen LogP contribution in [0, 0.1) is 0 Å². The number of ether oxygens (including phenoxy) is 1. The van der Waals surface area contributed by atoms with Gasteiger partial charge in [-0.2, -0.15) is 5.10 Å². The maximum atomic E-state index is 13.0. The molecule has 0 bridgehead atoms. The highest BCUT2D eigenvalue weighted by molar-refractivity contribution is 6.33. The summed E-state index contributed by atoms with van der Waals surface area (Å²) in [6.45, 7) is 1.63. The van der Waals surface area contributed by atoms with Crippen molar-refractivity contribution in [2.75, 3.05) is 26.7 Å². The van der Waals surface area contributed by atoms with Crippen LogP contribution in [0.1, 0.15) is 23.2 Å². The molecule has 8 heteroatoms. The van der Waals surface area contributed by atoms with Crippen LogP contribution in [0.15, 0.2) is 36.7 Å². The lowest BCUT2D eigenvalue weighted by molar-refractivity contribution is 0.00318. The summed E-state index contributed by atoms with van der Waals surface area (Å²) in [5.41, 5.74) is 0.766. The molecule has 0 saturated carbocycles. The third-order valence-electron chi connectivity index (χ3n) is 5.05. The number of aromatic nitrogens is 2. The molecule has 2 amide bonds. The monoisotopic (exact) mass is 374 g/mol. The topological polar surface area (TPSA) is 67.7 Å². The summed E-state index contributed by atoms with van der Waals surface area (Å²) in [5.74, 6) is -0.114. The standard InChI is InChI=1S/C18H19ClN4O3/c1-21-12-18(26-17(21)25)5-9-22(10-6-18)16(24)14-11-13(3-4-15(14)19)23-8-2-7-20-23/h2-4,7-8,11H,5-6,9-10,12H2,1H3. The zero-order chi connectivity index (χ0) is 18.3. The first-order valence-electron chi connectivity index (χ1n) is 8.50. The first kappa shape index (κ1) is 16.9. The molecule has 2 fully saturated rings. The van der Waals surface area contributed by atoms with E-state index in [1.165, 1.54) is 0 Å². The van der Waals surface area contributed by atoms with Crippen LogP contribution < -0.4 is 0 Å². The summed E-state index contributed by atoms with van der Waals surface area (Å²) in [4.78, 5) is 28.0. The van der Waals surface area contributed by atoms with Crippen LogP contribution in [0.2, 0.25) is 5.02 Å². The zero-order valence-corrected chi connectivity index (χ0v) is 15.1. The summed E-state index contributed by atoms with van der Waals surface area (Å²) in [6, 6.07) is 7.11. The molecule has 26 heavy (non-hydrogen) atoms. The smallest absolute Gasteiger partial charge is 0.410 e.